The van der Waals surface area contributed by atoms with Gasteiger partial charge in [-0.05, 0) is 62.0 Å². The van der Waals surface area contributed by atoms with E-state index in [9.17, 15) is 4.79 Å². The number of benzene rings is 3. The van der Waals surface area contributed by atoms with Crippen LogP contribution < -0.4 is 25.6 Å². The molecule has 2 fully saturated rings. The van der Waals surface area contributed by atoms with Crippen LogP contribution in [0.5, 0.6) is 5.75 Å². The molecule has 252 valence electrons. The number of nitrogens with zero attached hydrogens (tertiary/aromatic N) is 3. The lowest BCUT2D eigenvalue weighted by atomic mass is 9.97. The maximum atomic E-state index is 13.8. The van der Waals surface area contributed by atoms with Gasteiger partial charge in [0.1, 0.15) is 36.1 Å². The highest BCUT2D eigenvalue weighted by Gasteiger charge is 2.40. The van der Waals surface area contributed by atoms with Crippen molar-refractivity contribution in [2.24, 2.45) is 0 Å². The summed E-state index contributed by atoms with van der Waals surface area (Å²) in [4.78, 5) is 24.1. The Morgan fingerprint density at radius 3 is 2.67 bits per heavy atom. The number of alkyl halides is 1. The highest BCUT2D eigenvalue weighted by molar-refractivity contribution is 7.45. The molecule has 1 aliphatic carbocycles. The van der Waals surface area contributed by atoms with E-state index < -0.39 is 20.2 Å². The first-order valence-corrected chi connectivity index (χ1v) is 18.2. The SMILES string of the molecule is Nc1ncnc2c1NC(Cl)N2C1CCC(COP(NC(Cc2ccccc2)C(=O)OC2CCCCC2)Oc2cccc3ccccc23)O1. The van der Waals surface area contributed by atoms with Crippen LogP contribution in [0.2, 0.25) is 0 Å². The summed E-state index contributed by atoms with van der Waals surface area (Å²) in [6, 6.07) is 23.2. The summed E-state index contributed by atoms with van der Waals surface area (Å²) >= 11 is 6.64. The molecule has 1 saturated heterocycles. The number of ether oxygens (including phenoxy) is 2. The van der Waals surface area contributed by atoms with E-state index in [1.165, 1.54) is 12.7 Å². The molecule has 5 unspecified atom stereocenters. The smallest absolute Gasteiger partial charge is 0.324 e. The van der Waals surface area contributed by atoms with Crippen molar-refractivity contribution in [3.05, 3.63) is 84.7 Å². The van der Waals surface area contributed by atoms with Crippen LogP contribution >= 0.6 is 20.1 Å². The maximum absolute atomic E-state index is 13.8. The minimum atomic E-state index is -1.82. The Labute approximate surface area is 286 Å². The Hall–Kier alpha value is -3.73. The van der Waals surface area contributed by atoms with Crippen LogP contribution in [0.1, 0.15) is 50.5 Å². The molecule has 13 heteroatoms. The van der Waals surface area contributed by atoms with Gasteiger partial charge in [0.15, 0.2) is 17.3 Å². The van der Waals surface area contributed by atoms with Gasteiger partial charge < -0.3 is 29.6 Å². The van der Waals surface area contributed by atoms with Crippen LogP contribution in [0, 0.1) is 0 Å². The van der Waals surface area contributed by atoms with Gasteiger partial charge in [0.25, 0.3) is 0 Å². The Bertz CT molecular complexity index is 1690. The molecule has 3 aliphatic rings. The van der Waals surface area contributed by atoms with E-state index in [0.717, 1.165) is 48.4 Å². The number of hydrogen-bond acceptors (Lipinski definition) is 11. The van der Waals surface area contributed by atoms with Crippen molar-refractivity contribution < 1.29 is 23.3 Å². The number of halogens is 1. The standard InChI is InChI=1S/C35H40ClN6O5P/c36-35-40-31-32(37)38-22-39-33(31)42(35)30-19-18-26(45-30)21-44-48(47-29-17-9-13-24-12-7-8-16-27(24)29)41-28(20-23-10-3-1-4-11-23)34(43)46-25-14-5-2-6-15-25/h1,3-4,7-13,16-17,22,25-26,28,30,35,40-41H,2,5-6,14-15,18-21H2,(H2,37,38,39). The first-order valence-electron chi connectivity index (χ1n) is 16.6. The van der Waals surface area contributed by atoms with E-state index in [2.05, 4.69) is 20.4 Å². The molecule has 0 amide bonds. The van der Waals surface area contributed by atoms with Gasteiger partial charge in [-0.1, -0.05) is 84.8 Å². The summed E-state index contributed by atoms with van der Waals surface area (Å²) in [6.07, 6.45) is 7.74. The van der Waals surface area contributed by atoms with Crippen molar-refractivity contribution in [3.8, 4) is 5.75 Å². The number of nitrogens with two attached hydrogens (primary N) is 1. The van der Waals surface area contributed by atoms with Gasteiger partial charge in [0.2, 0.25) is 0 Å². The highest BCUT2D eigenvalue weighted by Crippen LogP contribution is 2.43. The summed E-state index contributed by atoms with van der Waals surface area (Å²) in [7, 11) is -1.82. The zero-order chi connectivity index (χ0) is 32.9. The topological polar surface area (TPSA) is 133 Å². The molecule has 5 atom stereocenters. The van der Waals surface area contributed by atoms with E-state index in [1.54, 1.807) is 0 Å². The summed E-state index contributed by atoms with van der Waals surface area (Å²) in [6.45, 7) is 0.239. The van der Waals surface area contributed by atoms with Gasteiger partial charge in [0, 0.05) is 5.39 Å². The maximum Gasteiger partial charge on any atom is 0.324 e. The van der Waals surface area contributed by atoms with E-state index in [0.29, 0.717) is 35.9 Å². The van der Waals surface area contributed by atoms with Crippen molar-refractivity contribution in [2.45, 2.75) is 81.5 Å². The number of carbonyl (C=O) groups excluding carboxylic acids is 1. The fraction of sp³-hybridized carbons (Fsp3) is 0.400. The van der Waals surface area contributed by atoms with Gasteiger partial charge in [0.05, 0.1) is 12.7 Å². The molecule has 0 radical (unpaired) electrons. The molecule has 1 aromatic heterocycles. The van der Waals surface area contributed by atoms with E-state index in [4.69, 9.17) is 35.9 Å². The molecular formula is C35H40ClN6O5P. The van der Waals surface area contributed by atoms with Gasteiger partial charge in [-0.3, -0.25) is 9.69 Å². The molecule has 3 heterocycles. The van der Waals surface area contributed by atoms with Crippen LogP contribution in [0.4, 0.5) is 17.3 Å². The normalized spacial score (nSPS) is 22.2. The minimum absolute atomic E-state index is 0.0714. The predicted octanol–water partition coefficient (Wildman–Crippen LogP) is 6.87. The van der Waals surface area contributed by atoms with Gasteiger partial charge in [-0.15, -0.1) is 0 Å². The quantitative estimate of drug-likeness (QED) is 0.0623. The molecule has 11 nitrogen and oxygen atoms in total. The summed E-state index contributed by atoms with van der Waals surface area (Å²) < 4.78 is 25.6. The molecule has 4 N–H and O–H groups in total. The number of fused-ring (bicyclic) bond motifs is 2. The van der Waals surface area contributed by atoms with Crippen LogP contribution in [0.15, 0.2) is 79.1 Å². The first kappa shape index (κ1) is 32.8. The number of nitrogen functional groups attached to an aromatic ring is 1. The monoisotopic (exact) mass is 690 g/mol. The van der Waals surface area contributed by atoms with Crippen molar-refractivity contribution >= 4 is 54.2 Å². The van der Waals surface area contributed by atoms with Crippen LogP contribution in [0.3, 0.4) is 0 Å². The lowest BCUT2D eigenvalue weighted by molar-refractivity contribution is -0.152. The largest absolute Gasteiger partial charge is 0.461 e. The van der Waals surface area contributed by atoms with Gasteiger partial charge >= 0.3 is 14.5 Å². The summed E-state index contributed by atoms with van der Waals surface area (Å²) in [5.74, 6) is 1.31. The highest BCUT2D eigenvalue weighted by atomic mass is 35.5. The molecule has 1 saturated carbocycles. The molecule has 0 spiro atoms. The van der Waals surface area contributed by atoms with Gasteiger partial charge in [-0.2, -0.15) is 0 Å². The van der Waals surface area contributed by atoms with Crippen LogP contribution in [-0.2, 0) is 25.2 Å². The Balaban J connectivity index is 1.09. The lowest BCUT2D eigenvalue weighted by Gasteiger charge is -2.29. The third kappa shape index (κ3) is 7.61. The third-order valence-corrected chi connectivity index (χ3v) is 10.6. The zero-order valence-corrected chi connectivity index (χ0v) is 28.2. The average Bonchev–Trinajstić information content (AvgIpc) is 3.72. The first-order chi connectivity index (χ1) is 23.5. The molecule has 3 aromatic carbocycles. The van der Waals surface area contributed by atoms with Gasteiger partial charge in [-0.25, -0.2) is 15.1 Å². The van der Waals surface area contributed by atoms with Crippen molar-refractivity contribution in [2.75, 3.05) is 22.6 Å². The number of hydrogen-bond donors (Lipinski definition) is 3. The van der Waals surface area contributed by atoms with Crippen molar-refractivity contribution in [1.29, 1.82) is 0 Å². The summed E-state index contributed by atoms with van der Waals surface area (Å²) in [5.41, 5.74) is 7.08. The number of anilines is 3. The molecule has 48 heavy (non-hydrogen) atoms. The second-order valence-corrected chi connectivity index (χ2v) is 14.0. The Kier molecular flexibility index (Phi) is 10.4. The van der Waals surface area contributed by atoms with E-state index in [1.807, 2.05) is 77.7 Å². The van der Waals surface area contributed by atoms with E-state index in [-0.39, 0.29) is 31.0 Å². The average molecular weight is 691 g/mol. The Morgan fingerprint density at radius 1 is 1.02 bits per heavy atom. The fourth-order valence-electron chi connectivity index (χ4n) is 6.51. The second kappa shape index (κ2) is 15.2. The molecule has 0 bridgehead atoms. The zero-order valence-electron chi connectivity index (χ0n) is 26.5. The molecule has 7 rings (SSSR count). The van der Waals surface area contributed by atoms with Crippen molar-refractivity contribution in [3.63, 3.8) is 0 Å². The van der Waals surface area contributed by atoms with E-state index >= 15 is 0 Å². The number of carbonyl (C=O) groups is 1. The lowest BCUT2D eigenvalue weighted by Crippen LogP contribution is -2.41. The fourth-order valence-corrected chi connectivity index (χ4v) is 8.11. The number of nitrogens with one attached hydrogen (secondary N) is 2. The number of rotatable bonds is 12. The third-order valence-electron chi connectivity index (χ3n) is 8.98. The minimum Gasteiger partial charge on any atom is -0.461 e. The second-order valence-electron chi connectivity index (χ2n) is 12.3. The predicted molar refractivity (Wildman–Crippen MR) is 188 cm³/mol. The van der Waals surface area contributed by atoms with Crippen LogP contribution in [0.25, 0.3) is 10.8 Å². The Morgan fingerprint density at radius 2 is 1.81 bits per heavy atom. The summed E-state index contributed by atoms with van der Waals surface area (Å²) in [5, 5.41) is 8.58. The molecular weight excluding hydrogens is 651 g/mol. The number of aromatic nitrogens is 2. The van der Waals surface area contributed by atoms with Crippen molar-refractivity contribution in [1.82, 2.24) is 15.1 Å². The van der Waals surface area contributed by atoms with Crippen LogP contribution in [-0.4, -0.2) is 52.6 Å². The molecule has 4 aromatic rings. The molecule has 2 aliphatic heterocycles. The number of esters is 1.